The van der Waals surface area contributed by atoms with Gasteiger partial charge >= 0.3 is 0 Å². The molecule has 1 aromatic carbocycles. The monoisotopic (exact) mass is 342 g/mol. The molecule has 0 saturated heterocycles. The maximum Gasteiger partial charge on any atom is 0.273 e. The minimum atomic E-state index is -0.272. The van der Waals surface area contributed by atoms with Crippen LogP contribution in [0.25, 0.3) is 5.69 Å². The predicted octanol–water partition coefficient (Wildman–Crippen LogP) is 3.84. The Labute approximate surface area is 145 Å². The van der Waals surface area contributed by atoms with Crippen molar-refractivity contribution in [3.63, 3.8) is 0 Å². The lowest BCUT2D eigenvalue weighted by Gasteiger charge is -2.15. The zero-order valence-corrected chi connectivity index (χ0v) is 14.4. The van der Waals surface area contributed by atoms with Gasteiger partial charge in [0.15, 0.2) is 5.69 Å². The third-order valence-electron chi connectivity index (χ3n) is 3.88. The zero-order chi connectivity index (χ0) is 17.1. The summed E-state index contributed by atoms with van der Waals surface area (Å²) in [6.45, 7) is 4.55. The summed E-state index contributed by atoms with van der Waals surface area (Å²) in [7, 11) is 0. The number of hydrogen-bond donors (Lipinski definition) is 1. The molecule has 0 spiro atoms. The molecular formula is C18H19ClN4O. The van der Waals surface area contributed by atoms with E-state index in [1.165, 1.54) is 0 Å². The molecule has 24 heavy (non-hydrogen) atoms. The van der Waals surface area contributed by atoms with E-state index in [2.05, 4.69) is 16.5 Å². The summed E-state index contributed by atoms with van der Waals surface area (Å²) in [5, 5.41) is 7.52. The van der Waals surface area contributed by atoms with E-state index >= 15 is 0 Å². The van der Waals surface area contributed by atoms with E-state index in [0.717, 1.165) is 11.3 Å². The Hall–Kier alpha value is -2.53. The van der Waals surface area contributed by atoms with Crippen molar-refractivity contribution < 1.29 is 4.79 Å². The number of aromatic nitrogens is 3. The highest BCUT2D eigenvalue weighted by atomic mass is 35.5. The molecular weight excluding hydrogens is 324 g/mol. The standard InChI is InChI=1S/C18H19ClN4O/c1-3-23-12-16(19)17(21-23)18(24)20-13(2)14-7-6-8-15(11-14)22-9-4-5-10-22/h4-13H,3H2,1-2H3,(H,20,24). The smallest absolute Gasteiger partial charge is 0.273 e. The largest absolute Gasteiger partial charge is 0.344 e. The number of nitrogens with one attached hydrogen (secondary N) is 1. The van der Waals surface area contributed by atoms with Gasteiger partial charge in [0.1, 0.15) is 0 Å². The molecule has 1 unspecified atom stereocenters. The van der Waals surface area contributed by atoms with Crippen LogP contribution in [0.3, 0.4) is 0 Å². The molecule has 1 amide bonds. The van der Waals surface area contributed by atoms with Crippen LogP contribution in [0, 0.1) is 0 Å². The Bertz CT molecular complexity index is 839. The lowest BCUT2D eigenvalue weighted by Crippen LogP contribution is -2.27. The first-order valence-electron chi connectivity index (χ1n) is 7.85. The topological polar surface area (TPSA) is 51.9 Å². The number of carbonyl (C=O) groups is 1. The molecule has 6 heteroatoms. The van der Waals surface area contributed by atoms with Gasteiger partial charge in [-0.2, -0.15) is 5.10 Å². The van der Waals surface area contributed by atoms with Crippen LogP contribution in [0.1, 0.15) is 35.9 Å². The van der Waals surface area contributed by atoms with E-state index in [4.69, 9.17) is 11.6 Å². The molecule has 2 aromatic heterocycles. The van der Waals surface area contributed by atoms with Gasteiger partial charge in [0, 0.05) is 30.8 Å². The van der Waals surface area contributed by atoms with E-state index in [-0.39, 0.29) is 17.6 Å². The van der Waals surface area contributed by atoms with Crippen LogP contribution in [0.15, 0.2) is 55.0 Å². The van der Waals surface area contributed by atoms with Crippen LogP contribution in [0.2, 0.25) is 5.02 Å². The van der Waals surface area contributed by atoms with Crippen LogP contribution in [0.4, 0.5) is 0 Å². The lowest BCUT2D eigenvalue weighted by atomic mass is 10.1. The van der Waals surface area contributed by atoms with Crippen molar-refractivity contribution in [1.82, 2.24) is 19.7 Å². The molecule has 0 bridgehead atoms. The van der Waals surface area contributed by atoms with E-state index < -0.39 is 0 Å². The van der Waals surface area contributed by atoms with Crippen LogP contribution in [-0.2, 0) is 6.54 Å². The van der Waals surface area contributed by atoms with Crippen LogP contribution in [0.5, 0.6) is 0 Å². The van der Waals surface area contributed by atoms with Crippen molar-refractivity contribution in [3.8, 4) is 5.69 Å². The van der Waals surface area contributed by atoms with E-state index in [0.29, 0.717) is 11.6 Å². The Morgan fingerprint density at radius 3 is 2.71 bits per heavy atom. The van der Waals surface area contributed by atoms with Gasteiger partial charge in [-0.1, -0.05) is 23.7 Å². The van der Waals surface area contributed by atoms with E-state index in [9.17, 15) is 4.79 Å². The van der Waals surface area contributed by atoms with Gasteiger partial charge in [-0.05, 0) is 43.7 Å². The zero-order valence-electron chi connectivity index (χ0n) is 13.6. The number of benzene rings is 1. The van der Waals surface area contributed by atoms with Crippen molar-refractivity contribution in [2.45, 2.75) is 26.4 Å². The summed E-state index contributed by atoms with van der Waals surface area (Å²) < 4.78 is 3.67. The Kier molecular flexibility index (Phi) is 4.71. The molecule has 0 radical (unpaired) electrons. The molecule has 3 aromatic rings. The van der Waals surface area contributed by atoms with Gasteiger partial charge in [0.05, 0.1) is 11.1 Å². The van der Waals surface area contributed by atoms with Gasteiger partial charge in [-0.25, -0.2) is 0 Å². The summed E-state index contributed by atoms with van der Waals surface area (Å²) in [5.41, 5.74) is 2.32. The number of rotatable bonds is 5. The minimum Gasteiger partial charge on any atom is -0.344 e. The number of carbonyl (C=O) groups excluding carboxylic acids is 1. The van der Waals surface area contributed by atoms with Gasteiger partial charge in [-0.15, -0.1) is 0 Å². The quantitative estimate of drug-likeness (QED) is 0.766. The lowest BCUT2D eigenvalue weighted by molar-refractivity contribution is 0.0934. The fraction of sp³-hybridized carbons (Fsp3) is 0.222. The molecule has 0 aliphatic rings. The molecule has 1 N–H and O–H groups in total. The van der Waals surface area contributed by atoms with Gasteiger partial charge in [-0.3, -0.25) is 9.48 Å². The molecule has 0 fully saturated rings. The highest BCUT2D eigenvalue weighted by Crippen LogP contribution is 2.19. The fourth-order valence-corrected chi connectivity index (χ4v) is 2.76. The molecule has 0 aliphatic carbocycles. The minimum absolute atomic E-state index is 0.157. The first kappa shape index (κ1) is 16.3. The second-order valence-electron chi connectivity index (χ2n) is 5.56. The number of hydrogen-bond acceptors (Lipinski definition) is 2. The second-order valence-corrected chi connectivity index (χ2v) is 5.97. The number of halogens is 1. The average Bonchev–Trinajstić information content (AvgIpc) is 3.24. The molecule has 0 aliphatic heterocycles. The average molecular weight is 343 g/mol. The van der Waals surface area contributed by atoms with Crippen LogP contribution in [-0.4, -0.2) is 20.3 Å². The molecule has 1 atom stereocenters. The van der Waals surface area contributed by atoms with Crippen LogP contribution < -0.4 is 5.32 Å². The van der Waals surface area contributed by atoms with Gasteiger partial charge in [0.2, 0.25) is 0 Å². The van der Waals surface area contributed by atoms with Gasteiger partial charge in [0.25, 0.3) is 5.91 Å². The van der Waals surface area contributed by atoms with E-state index in [1.807, 2.05) is 61.1 Å². The normalized spacial score (nSPS) is 12.1. The third-order valence-corrected chi connectivity index (χ3v) is 4.15. The first-order valence-corrected chi connectivity index (χ1v) is 8.23. The van der Waals surface area contributed by atoms with Crippen molar-refractivity contribution in [1.29, 1.82) is 0 Å². The number of aryl methyl sites for hydroxylation is 1. The maximum absolute atomic E-state index is 12.4. The molecule has 124 valence electrons. The Morgan fingerprint density at radius 1 is 1.29 bits per heavy atom. The Morgan fingerprint density at radius 2 is 2.04 bits per heavy atom. The molecule has 2 heterocycles. The highest BCUT2D eigenvalue weighted by Gasteiger charge is 2.18. The molecule has 3 rings (SSSR count). The highest BCUT2D eigenvalue weighted by molar-refractivity contribution is 6.33. The van der Waals surface area contributed by atoms with E-state index in [1.54, 1.807) is 10.9 Å². The molecule has 5 nitrogen and oxygen atoms in total. The summed E-state index contributed by atoms with van der Waals surface area (Å²) >= 11 is 6.09. The third kappa shape index (κ3) is 3.36. The summed E-state index contributed by atoms with van der Waals surface area (Å²) in [6, 6.07) is 11.8. The summed E-state index contributed by atoms with van der Waals surface area (Å²) in [4.78, 5) is 12.4. The number of amides is 1. The summed E-state index contributed by atoms with van der Waals surface area (Å²) in [5.74, 6) is -0.272. The second kappa shape index (κ2) is 6.93. The SMILES string of the molecule is CCn1cc(Cl)c(C(=O)NC(C)c2cccc(-n3cccc3)c2)n1. The van der Waals surface area contributed by atoms with Crippen LogP contribution >= 0.6 is 11.6 Å². The van der Waals surface area contributed by atoms with Crippen molar-refractivity contribution in [2.24, 2.45) is 0 Å². The fourth-order valence-electron chi connectivity index (χ4n) is 2.52. The molecule has 0 saturated carbocycles. The Balaban J connectivity index is 1.77. The maximum atomic E-state index is 12.4. The first-order chi connectivity index (χ1) is 11.6. The summed E-state index contributed by atoms with van der Waals surface area (Å²) in [6.07, 6.45) is 5.63. The van der Waals surface area contributed by atoms with Gasteiger partial charge < -0.3 is 9.88 Å². The number of nitrogens with zero attached hydrogens (tertiary/aromatic N) is 3. The predicted molar refractivity (Wildman–Crippen MR) is 94.6 cm³/mol. The van der Waals surface area contributed by atoms with Crippen molar-refractivity contribution in [2.75, 3.05) is 0 Å². The van der Waals surface area contributed by atoms with Crippen molar-refractivity contribution >= 4 is 17.5 Å². The van der Waals surface area contributed by atoms with Crippen molar-refractivity contribution in [3.05, 3.63) is 71.3 Å².